The molecule has 2 saturated heterocycles. The molecule has 0 aromatic heterocycles. The molecule has 38 heavy (non-hydrogen) atoms. The highest BCUT2D eigenvalue weighted by atomic mass is 19.1. The molecule has 0 saturated carbocycles. The van der Waals surface area contributed by atoms with Crippen LogP contribution in [0.3, 0.4) is 0 Å². The Morgan fingerprint density at radius 3 is 2.21 bits per heavy atom. The third-order valence-corrected chi connectivity index (χ3v) is 7.32. The van der Waals surface area contributed by atoms with E-state index in [1.165, 1.54) is 27.2 Å². The molecule has 2 fully saturated rings. The minimum atomic E-state index is -1.33. The van der Waals surface area contributed by atoms with Crippen molar-refractivity contribution in [3.05, 3.63) is 71.3 Å². The van der Waals surface area contributed by atoms with Gasteiger partial charge in [0.2, 0.25) is 23.6 Å². The summed E-state index contributed by atoms with van der Waals surface area (Å²) in [4.78, 5) is 54.8. The number of carbonyl (C=O) groups is 4. The van der Waals surface area contributed by atoms with Gasteiger partial charge in [-0.25, -0.2) is 4.39 Å². The number of halogens is 1. The highest BCUT2D eigenvalue weighted by Gasteiger charge is 2.41. The fourth-order valence-corrected chi connectivity index (χ4v) is 5.02. The summed E-state index contributed by atoms with van der Waals surface area (Å²) in [7, 11) is 0. The van der Waals surface area contributed by atoms with Gasteiger partial charge in [-0.3, -0.25) is 19.2 Å². The smallest absolute Gasteiger partial charge is 0.243 e. The van der Waals surface area contributed by atoms with E-state index in [9.17, 15) is 23.6 Å². The first kappa shape index (κ1) is 27.3. The predicted molar refractivity (Wildman–Crippen MR) is 141 cm³/mol. The lowest BCUT2D eigenvalue weighted by Gasteiger charge is -2.35. The zero-order valence-electron chi connectivity index (χ0n) is 22.1. The molecule has 2 aromatic carbocycles. The van der Waals surface area contributed by atoms with Crippen molar-refractivity contribution in [2.24, 2.45) is 0 Å². The van der Waals surface area contributed by atoms with Crippen LogP contribution in [0.1, 0.15) is 55.8 Å². The summed E-state index contributed by atoms with van der Waals surface area (Å²) in [6.45, 7) is 5.63. The molecule has 3 unspecified atom stereocenters. The van der Waals surface area contributed by atoms with Crippen LogP contribution in [0.2, 0.25) is 0 Å². The number of nitrogens with zero attached hydrogens (tertiary/aromatic N) is 3. The average Bonchev–Trinajstić information content (AvgIpc) is 3.30. The standard InChI is InChI=1S/C29H35FN4O4/c1-19(2)21-9-11-23(12-10-21)28(22-7-5-4-6-8-22)31-29(38)25-15-24(30)16-34(25)27(37)18-33-14-13-32(20(3)35)17-26(33)36/h4-12,19,24-25,28H,13-18H2,1-3H3,(H,31,38). The third kappa shape index (κ3) is 6.20. The maximum absolute atomic E-state index is 14.5. The zero-order chi connectivity index (χ0) is 27.4. The van der Waals surface area contributed by atoms with Crippen LogP contribution in [0.4, 0.5) is 4.39 Å². The normalized spacial score (nSPS) is 20.6. The second-order valence-corrected chi connectivity index (χ2v) is 10.3. The molecule has 0 bridgehead atoms. The lowest BCUT2D eigenvalue weighted by Crippen LogP contribution is -2.55. The molecule has 202 valence electrons. The fraction of sp³-hybridized carbons (Fsp3) is 0.448. The highest BCUT2D eigenvalue weighted by Crippen LogP contribution is 2.27. The summed E-state index contributed by atoms with van der Waals surface area (Å²) >= 11 is 0. The molecule has 2 aliphatic heterocycles. The first-order valence-corrected chi connectivity index (χ1v) is 13.1. The maximum Gasteiger partial charge on any atom is 0.243 e. The first-order valence-electron chi connectivity index (χ1n) is 13.1. The van der Waals surface area contributed by atoms with Gasteiger partial charge < -0.3 is 20.0 Å². The quantitative estimate of drug-likeness (QED) is 0.606. The molecule has 3 atom stereocenters. The Kier molecular flexibility index (Phi) is 8.44. The number of hydrogen-bond donors (Lipinski definition) is 1. The maximum atomic E-state index is 14.5. The molecule has 8 nitrogen and oxygen atoms in total. The number of amides is 4. The topological polar surface area (TPSA) is 90.0 Å². The molecule has 0 aliphatic carbocycles. The van der Waals surface area contributed by atoms with Crippen molar-refractivity contribution < 1.29 is 23.6 Å². The van der Waals surface area contributed by atoms with Crippen LogP contribution in [0.25, 0.3) is 0 Å². The Bertz CT molecular complexity index is 1170. The SMILES string of the molecule is CC(=O)N1CCN(CC(=O)N2CC(F)CC2C(=O)NC(c2ccccc2)c2ccc(C(C)C)cc2)C(=O)C1. The second kappa shape index (κ2) is 11.8. The van der Waals surface area contributed by atoms with Gasteiger partial charge in [-0.1, -0.05) is 68.4 Å². The second-order valence-electron chi connectivity index (χ2n) is 10.3. The molecule has 0 radical (unpaired) electrons. The van der Waals surface area contributed by atoms with Crippen LogP contribution in [0.15, 0.2) is 54.6 Å². The van der Waals surface area contributed by atoms with Crippen LogP contribution in [0.5, 0.6) is 0 Å². The minimum Gasteiger partial charge on any atom is -0.343 e. The number of hydrogen-bond acceptors (Lipinski definition) is 4. The third-order valence-electron chi connectivity index (χ3n) is 7.32. The number of benzene rings is 2. The van der Waals surface area contributed by atoms with Crippen LogP contribution >= 0.6 is 0 Å². The van der Waals surface area contributed by atoms with E-state index in [1.54, 1.807) is 0 Å². The van der Waals surface area contributed by atoms with Crippen molar-refractivity contribution in [3.8, 4) is 0 Å². The Labute approximate surface area is 222 Å². The lowest BCUT2D eigenvalue weighted by molar-refractivity contribution is -0.149. The molecular weight excluding hydrogens is 487 g/mol. The summed E-state index contributed by atoms with van der Waals surface area (Å²) in [6.07, 6.45) is -1.43. The Morgan fingerprint density at radius 2 is 1.61 bits per heavy atom. The van der Waals surface area contributed by atoms with Crippen molar-refractivity contribution in [1.29, 1.82) is 0 Å². The van der Waals surface area contributed by atoms with E-state index >= 15 is 0 Å². The van der Waals surface area contributed by atoms with Gasteiger partial charge in [-0.05, 0) is 22.6 Å². The van der Waals surface area contributed by atoms with Crippen molar-refractivity contribution in [2.45, 2.75) is 51.4 Å². The largest absolute Gasteiger partial charge is 0.343 e. The van der Waals surface area contributed by atoms with Crippen molar-refractivity contribution >= 4 is 23.6 Å². The van der Waals surface area contributed by atoms with Crippen LogP contribution < -0.4 is 5.32 Å². The molecule has 2 aliphatic rings. The van der Waals surface area contributed by atoms with Gasteiger partial charge in [0.15, 0.2) is 0 Å². The molecule has 1 N–H and O–H groups in total. The summed E-state index contributed by atoms with van der Waals surface area (Å²) in [6, 6.07) is 16.1. The first-order chi connectivity index (χ1) is 18.1. The summed E-state index contributed by atoms with van der Waals surface area (Å²) in [5, 5.41) is 3.05. The van der Waals surface area contributed by atoms with Gasteiger partial charge in [0.25, 0.3) is 0 Å². The van der Waals surface area contributed by atoms with Gasteiger partial charge in [0, 0.05) is 26.4 Å². The van der Waals surface area contributed by atoms with Crippen LogP contribution in [-0.2, 0) is 19.2 Å². The number of rotatable bonds is 7. The number of likely N-dealkylation sites (tertiary alicyclic amines) is 1. The predicted octanol–water partition coefficient (Wildman–Crippen LogP) is 2.65. The van der Waals surface area contributed by atoms with Crippen LogP contribution in [0, 0.1) is 0 Å². The highest BCUT2D eigenvalue weighted by molar-refractivity contribution is 5.92. The number of nitrogens with one attached hydrogen (secondary N) is 1. The van der Waals surface area contributed by atoms with E-state index in [0.717, 1.165) is 11.1 Å². The zero-order valence-corrected chi connectivity index (χ0v) is 22.1. The van der Waals surface area contributed by atoms with Gasteiger partial charge in [0.1, 0.15) is 12.2 Å². The minimum absolute atomic E-state index is 0.0907. The number of carbonyl (C=O) groups excluding carboxylic acids is 4. The van der Waals surface area contributed by atoms with E-state index in [4.69, 9.17) is 0 Å². The molecule has 9 heteroatoms. The van der Waals surface area contributed by atoms with E-state index < -0.39 is 30.1 Å². The van der Waals surface area contributed by atoms with Crippen molar-refractivity contribution in [2.75, 3.05) is 32.7 Å². The molecule has 0 spiro atoms. The van der Waals surface area contributed by atoms with Gasteiger partial charge in [-0.2, -0.15) is 0 Å². The lowest BCUT2D eigenvalue weighted by atomic mass is 9.95. The molecule has 2 aromatic rings. The number of piperazine rings is 1. The van der Waals surface area contributed by atoms with E-state index in [0.29, 0.717) is 12.5 Å². The number of alkyl halides is 1. The molecule has 4 amide bonds. The van der Waals surface area contributed by atoms with Gasteiger partial charge in [0.05, 0.1) is 25.7 Å². The van der Waals surface area contributed by atoms with Crippen molar-refractivity contribution in [3.63, 3.8) is 0 Å². The molecular formula is C29H35FN4O4. The summed E-state index contributed by atoms with van der Waals surface area (Å²) in [5.41, 5.74) is 2.94. The Morgan fingerprint density at radius 1 is 0.974 bits per heavy atom. The van der Waals surface area contributed by atoms with Crippen LogP contribution in [-0.4, -0.2) is 83.3 Å². The van der Waals surface area contributed by atoms with E-state index in [1.807, 2.05) is 54.6 Å². The Balaban J connectivity index is 1.49. The van der Waals surface area contributed by atoms with E-state index in [-0.39, 0.29) is 44.4 Å². The molecule has 4 rings (SSSR count). The molecule has 2 heterocycles. The fourth-order valence-electron chi connectivity index (χ4n) is 5.02. The average molecular weight is 523 g/mol. The van der Waals surface area contributed by atoms with Gasteiger partial charge in [-0.15, -0.1) is 0 Å². The van der Waals surface area contributed by atoms with E-state index in [2.05, 4.69) is 19.2 Å². The summed E-state index contributed by atoms with van der Waals surface area (Å²) < 4.78 is 14.5. The summed E-state index contributed by atoms with van der Waals surface area (Å²) in [5.74, 6) is -1.09. The Hall–Kier alpha value is -3.75. The van der Waals surface area contributed by atoms with Gasteiger partial charge >= 0.3 is 0 Å². The van der Waals surface area contributed by atoms with Crippen molar-refractivity contribution in [1.82, 2.24) is 20.0 Å². The monoisotopic (exact) mass is 522 g/mol.